The first-order valence-corrected chi connectivity index (χ1v) is 9.75. The molecule has 26 heavy (non-hydrogen) atoms. The average Bonchev–Trinajstić information content (AvgIpc) is 2.93. The van der Waals surface area contributed by atoms with E-state index in [9.17, 15) is 14.9 Å². The van der Waals surface area contributed by atoms with Gasteiger partial charge in [0, 0.05) is 5.75 Å². The Hall–Kier alpha value is -1.98. The largest absolute Gasteiger partial charge is 0.290 e. The van der Waals surface area contributed by atoms with Crippen LogP contribution in [0.15, 0.2) is 40.3 Å². The van der Waals surface area contributed by atoms with Gasteiger partial charge in [-0.1, -0.05) is 29.3 Å². The molecule has 9 heteroatoms. The number of nitriles is 1. The highest BCUT2D eigenvalue weighted by molar-refractivity contribution is 8.18. The fourth-order valence-electron chi connectivity index (χ4n) is 2.07. The minimum Gasteiger partial charge on any atom is -0.282 e. The maximum Gasteiger partial charge on any atom is 0.290 e. The van der Waals surface area contributed by atoms with E-state index < -0.39 is 11.1 Å². The Balaban J connectivity index is 1.83. The van der Waals surface area contributed by atoms with E-state index in [-0.39, 0.29) is 4.91 Å². The molecule has 2 heterocycles. The van der Waals surface area contributed by atoms with E-state index in [0.717, 1.165) is 17.3 Å². The second-order valence-corrected chi connectivity index (χ2v) is 7.88. The number of carbonyl (C=O) groups excluding carboxylic acids is 2. The highest BCUT2D eigenvalue weighted by Gasteiger charge is 2.25. The van der Waals surface area contributed by atoms with Crippen LogP contribution >= 0.6 is 46.7 Å². The van der Waals surface area contributed by atoms with Gasteiger partial charge in [-0.15, -0.1) is 11.8 Å². The summed E-state index contributed by atoms with van der Waals surface area (Å²) in [7, 11) is 0. The summed E-state index contributed by atoms with van der Waals surface area (Å²) in [4.78, 5) is 27.6. The number of aromatic nitrogens is 1. The molecular formula is C17H9Cl2N3O2S2. The Morgan fingerprint density at radius 2 is 2.04 bits per heavy atom. The van der Waals surface area contributed by atoms with Crippen LogP contribution in [0.4, 0.5) is 4.79 Å². The van der Waals surface area contributed by atoms with Gasteiger partial charge in [-0.05, 0) is 47.7 Å². The van der Waals surface area contributed by atoms with E-state index >= 15 is 0 Å². The van der Waals surface area contributed by atoms with Crippen LogP contribution in [0.2, 0.25) is 10.0 Å². The molecule has 0 bridgehead atoms. The molecule has 1 fully saturated rings. The van der Waals surface area contributed by atoms with E-state index in [2.05, 4.69) is 16.4 Å². The first kappa shape index (κ1) is 18.8. The van der Waals surface area contributed by atoms with Crippen molar-refractivity contribution in [3.63, 3.8) is 0 Å². The molecule has 2 aromatic rings. The van der Waals surface area contributed by atoms with Crippen molar-refractivity contribution >= 4 is 63.9 Å². The molecule has 1 aromatic heterocycles. The molecule has 5 nitrogen and oxygen atoms in total. The quantitative estimate of drug-likeness (QED) is 0.559. The molecule has 2 amide bonds. The number of hydrogen-bond acceptors (Lipinski definition) is 6. The summed E-state index contributed by atoms with van der Waals surface area (Å²) in [6, 6.07) is 10.7. The molecule has 1 saturated heterocycles. The SMILES string of the molecule is N#Cc1ccc(C=C2SC(=O)NC2=O)nc1SCc1ccc(Cl)c(Cl)c1. The Kier molecular flexibility index (Phi) is 5.89. The van der Waals surface area contributed by atoms with Crippen molar-refractivity contribution in [1.82, 2.24) is 10.3 Å². The first-order valence-electron chi connectivity index (χ1n) is 7.19. The lowest BCUT2D eigenvalue weighted by Crippen LogP contribution is -2.17. The van der Waals surface area contributed by atoms with Crippen LogP contribution in [-0.2, 0) is 10.5 Å². The van der Waals surface area contributed by atoms with Gasteiger partial charge in [0.05, 0.1) is 26.2 Å². The Bertz CT molecular complexity index is 986. The lowest BCUT2D eigenvalue weighted by atomic mass is 10.2. The van der Waals surface area contributed by atoms with Crippen LogP contribution < -0.4 is 5.32 Å². The van der Waals surface area contributed by atoms with Crippen LogP contribution in [0.1, 0.15) is 16.8 Å². The Morgan fingerprint density at radius 1 is 1.23 bits per heavy atom. The number of hydrogen-bond donors (Lipinski definition) is 1. The van der Waals surface area contributed by atoms with Crippen LogP contribution in [0.5, 0.6) is 0 Å². The van der Waals surface area contributed by atoms with Crippen LogP contribution in [0.25, 0.3) is 6.08 Å². The van der Waals surface area contributed by atoms with Crippen molar-refractivity contribution in [1.29, 1.82) is 5.26 Å². The van der Waals surface area contributed by atoms with Crippen molar-refractivity contribution in [2.75, 3.05) is 0 Å². The van der Waals surface area contributed by atoms with Gasteiger partial charge >= 0.3 is 0 Å². The molecule has 130 valence electrons. The fraction of sp³-hybridized carbons (Fsp3) is 0.0588. The fourth-order valence-corrected chi connectivity index (χ4v) is 3.98. The molecule has 0 spiro atoms. The predicted octanol–water partition coefficient (Wildman–Crippen LogP) is 4.88. The molecule has 0 radical (unpaired) electrons. The summed E-state index contributed by atoms with van der Waals surface area (Å²) in [6.45, 7) is 0. The Morgan fingerprint density at radius 3 is 2.69 bits per heavy atom. The lowest BCUT2D eigenvalue weighted by molar-refractivity contribution is -0.115. The summed E-state index contributed by atoms with van der Waals surface area (Å²) in [5.74, 6) is 0.0999. The van der Waals surface area contributed by atoms with E-state index in [1.807, 2.05) is 6.07 Å². The third-order valence-electron chi connectivity index (χ3n) is 3.28. The third-order valence-corrected chi connectivity index (χ3v) is 5.89. The van der Waals surface area contributed by atoms with Gasteiger partial charge in [0.15, 0.2) is 0 Å². The molecule has 0 atom stereocenters. The molecule has 1 aromatic carbocycles. The van der Waals surface area contributed by atoms with E-state index in [1.54, 1.807) is 24.3 Å². The van der Waals surface area contributed by atoms with Gasteiger partial charge in [0.1, 0.15) is 11.1 Å². The summed E-state index contributed by atoms with van der Waals surface area (Å²) in [5, 5.41) is 12.5. The van der Waals surface area contributed by atoms with Gasteiger partial charge in [0.2, 0.25) is 0 Å². The topological polar surface area (TPSA) is 82.9 Å². The maximum atomic E-state index is 11.6. The monoisotopic (exact) mass is 421 g/mol. The molecule has 0 saturated carbocycles. The number of rotatable bonds is 4. The minimum atomic E-state index is -0.448. The van der Waals surface area contributed by atoms with Crippen molar-refractivity contribution in [2.24, 2.45) is 0 Å². The number of benzene rings is 1. The number of thioether (sulfide) groups is 2. The number of nitrogens with zero attached hydrogens (tertiary/aromatic N) is 2. The van der Waals surface area contributed by atoms with Crippen LogP contribution in [0.3, 0.4) is 0 Å². The summed E-state index contributed by atoms with van der Waals surface area (Å²) < 4.78 is 0. The second kappa shape index (κ2) is 8.14. The van der Waals surface area contributed by atoms with Crippen molar-refractivity contribution < 1.29 is 9.59 Å². The number of amides is 2. The standard InChI is InChI=1S/C17H9Cl2N3O2S2/c18-12-4-1-9(5-13(12)19)8-25-16-10(7-20)2-3-11(21-16)6-14-15(23)22-17(24)26-14/h1-6H,8H2,(H,22,23,24). The van der Waals surface area contributed by atoms with Crippen LogP contribution in [-0.4, -0.2) is 16.1 Å². The number of pyridine rings is 1. The maximum absolute atomic E-state index is 11.6. The zero-order valence-corrected chi connectivity index (χ0v) is 16.1. The van der Waals surface area contributed by atoms with E-state index in [1.165, 1.54) is 17.8 Å². The van der Waals surface area contributed by atoms with Crippen molar-refractivity contribution in [3.05, 3.63) is 62.1 Å². The smallest absolute Gasteiger partial charge is 0.282 e. The minimum absolute atomic E-state index is 0.271. The molecular weight excluding hydrogens is 413 g/mol. The molecule has 1 aliphatic rings. The van der Waals surface area contributed by atoms with Gasteiger partial charge in [-0.2, -0.15) is 5.26 Å². The number of imide groups is 1. The van der Waals surface area contributed by atoms with E-state index in [0.29, 0.717) is 32.1 Å². The molecule has 3 rings (SSSR count). The molecule has 1 N–H and O–H groups in total. The zero-order valence-electron chi connectivity index (χ0n) is 13.0. The predicted molar refractivity (Wildman–Crippen MR) is 104 cm³/mol. The normalized spacial score (nSPS) is 15.2. The summed E-state index contributed by atoms with van der Waals surface area (Å²) >= 11 is 14.1. The average molecular weight is 422 g/mol. The van der Waals surface area contributed by atoms with Gasteiger partial charge < -0.3 is 0 Å². The molecule has 0 aliphatic carbocycles. The highest BCUT2D eigenvalue weighted by Crippen LogP contribution is 2.30. The third kappa shape index (κ3) is 4.40. The van der Waals surface area contributed by atoms with Crippen LogP contribution in [0, 0.1) is 11.3 Å². The number of nitrogens with one attached hydrogen (secondary N) is 1. The van der Waals surface area contributed by atoms with Gasteiger partial charge in [0.25, 0.3) is 11.1 Å². The summed E-state index contributed by atoms with van der Waals surface area (Å²) in [6.07, 6.45) is 1.52. The second-order valence-electron chi connectivity index (χ2n) is 5.09. The van der Waals surface area contributed by atoms with Crippen molar-refractivity contribution in [2.45, 2.75) is 10.8 Å². The number of carbonyl (C=O) groups is 2. The van der Waals surface area contributed by atoms with E-state index in [4.69, 9.17) is 23.2 Å². The lowest BCUT2D eigenvalue weighted by Gasteiger charge is -2.06. The van der Waals surface area contributed by atoms with Gasteiger partial charge in [-0.3, -0.25) is 14.9 Å². The molecule has 0 unspecified atom stereocenters. The number of halogens is 2. The molecule has 1 aliphatic heterocycles. The zero-order chi connectivity index (χ0) is 18.7. The first-order chi connectivity index (χ1) is 12.5. The summed E-state index contributed by atoms with van der Waals surface area (Å²) in [5.41, 5.74) is 1.86. The Labute approximate surface area is 167 Å². The van der Waals surface area contributed by atoms with Crippen molar-refractivity contribution in [3.8, 4) is 6.07 Å². The highest BCUT2D eigenvalue weighted by atomic mass is 35.5. The van der Waals surface area contributed by atoms with Gasteiger partial charge in [-0.25, -0.2) is 4.98 Å².